The van der Waals surface area contributed by atoms with Gasteiger partial charge in [-0.15, -0.1) is 0 Å². The van der Waals surface area contributed by atoms with Crippen molar-refractivity contribution in [2.45, 2.75) is 6.54 Å². The minimum absolute atomic E-state index is 0.0675. The summed E-state index contributed by atoms with van der Waals surface area (Å²) in [5, 5.41) is 0. The van der Waals surface area contributed by atoms with E-state index >= 15 is 0 Å². The molecule has 38 heavy (non-hydrogen) atoms. The van der Waals surface area contributed by atoms with Crippen LogP contribution in [0.25, 0.3) is 12.2 Å². The fraction of sp³-hybridized carbons (Fsp3) is 0.233. The third-order valence-corrected chi connectivity index (χ3v) is 6.77. The van der Waals surface area contributed by atoms with Crippen molar-refractivity contribution < 1.29 is 28.1 Å². The Morgan fingerprint density at radius 2 is 1.26 bits per heavy atom. The summed E-state index contributed by atoms with van der Waals surface area (Å²) in [4.78, 5) is 15.7. The molecule has 0 unspecified atom stereocenters. The maximum atomic E-state index is 14.7. The summed E-state index contributed by atoms with van der Waals surface area (Å²) >= 11 is 3.31. The Morgan fingerprint density at radius 3 is 1.71 bits per heavy atom. The molecule has 0 amide bonds. The number of ether oxygens (including phenoxy) is 4. The summed E-state index contributed by atoms with van der Waals surface area (Å²) < 4.78 is 36.9. The van der Waals surface area contributed by atoms with Crippen LogP contribution in [0.5, 0.6) is 23.0 Å². The second kappa shape index (κ2) is 12.3. The van der Waals surface area contributed by atoms with Crippen molar-refractivity contribution in [3.05, 3.63) is 92.7 Å². The quantitative estimate of drug-likeness (QED) is 0.296. The molecule has 1 fully saturated rings. The summed E-state index contributed by atoms with van der Waals surface area (Å²) in [6.45, 7) is 1.08. The molecule has 4 rings (SSSR count). The van der Waals surface area contributed by atoms with E-state index in [9.17, 15) is 9.18 Å². The van der Waals surface area contributed by atoms with Crippen molar-refractivity contribution in [1.29, 1.82) is 0 Å². The third kappa shape index (κ3) is 6.26. The van der Waals surface area contributed by atoms with E-state index in [0.717, 1.165) is 11.1 Å². The van der Waals surface area contributed by atoms with Gasteiger partial charge in [-0.3, -0.25) is 9.69 Å². The SMILES string of the molecule is COc1ccc(/C=C2\CN(Cc3ccc(Br)cc3F)C/C(=C\c3ccc(OC)c(OC)c3)C2=O)cc1OC. The van der Waals surface area contributed by atoms with Gasteiger partial charge in [0.2, 0.25) is 0 Å². The van der Waals surface area contributed by atoms with E-state index in [0.29, 0.717) is 63.8 Å². The van der Waals surface area contributed by atoms with Crippen molar-refractivity contribution in [1.82, 2.24) is 4.90 Å². The number of methoxy groups -OCH3 is 4. The summed E-state index contributed by atoms with van der Waals surface area (Å²) in [5.74, 6) is 1.98. The number of nitrogens with zero attached hydrogens (tertiary/aromatic N) is 1. The van der Waals surface area contributed by atoms with Gasteiger partial charge in [-0.25, -0.2) is 4.39 Å². The van der Waals surface area contributed by atoms with Gasteiger partial charge in [-0.05, 0) is 59.7 Å². The first-order chi connectivity index (χ1) is 18.3. The zero-order valence-corrected chi connectivity index (χ0v) is 23.3. The number of ketones is 1. The Hall–Kier alpha value is -3.62. The first-order valence-electron chi connectivity index (χ1n) is 11.9. The number of hydrogen-bond acceptors (Lipinski definition) is 6. The van der Waals surface area contributed by atoms with Gasteiger partial charge < -0.3 is 18.9 Å². The molecule has 0 saturated carbocycles. The van der Waals surface area contributed by atoms with Crippen LogP contribution >= 0.6 is 15.9 Å². The van der Waals surface area contributed by atoms with Crippen molar-refractivity contribution in [3.8, 4) is 23.0 Å². The number of rotatable bonds is 8. The number of halogens is 2. The monoisotopic (exact) mass is 581 g/mol. The molecule has 1 aliphatic heterocycles. The third-order valence-electron chi connectivity index (χ3n) is 6.28. The molecule has 0 spiro atoms. The maximum Gasteiger partial charge on any atom is 0.187 e. The number of benzene rings is 3. The lowest BCUT2D eigenvalue weighted by atomic mass is 9.93. The van der Waals surface area contributed by atoms with E-state index in [2.05, 4.69) is 15.9 Å². The Labute approximate surface area is 230 Å². The molecule has 198 valence electrons. The van der Waals surface area contributed by atoms with E-state index in [4.69, 9.17) is 18.9 Å². The van der Waals surface area contributed by atoms with Gasteiger partial charge in [-0.1, -0.05) is 34.1 Å². The van der Waals surface area contributed by atoms with Crippen LogP contribution in [0.2, 0.25) is 0 Å². The van der Waals surface area contributed by atoms with Gasteiger partial charge in [0.15, 0.2) is 28.8 Å². The lowest BCUT2D eigenvalue weighted by Gasteiger charge is -2.30. The number of likely N-dealkylation sites (tertiary alicyclic amines) is 1. The maximum absolute atomic E-state index is 14.7. The Balaban J connectivity index is 1.73. The van der Waals surface area contributed by atoms with E-state index in [1.54, 1.807) is 46.6 Å². The number of carbonyl (C=O) groups excluding carboxylic acids is 1. The van der Waals surface area contributed by atoms with Gasteiger partial charge in [0, 0.05) is 40.8 Å². The highest BCUT2D eigenvalue weighted by molar-refractivity contribution is 9.10. The van der Waals surface area contributed by atoms with Crippen molar-refractivity contribution in [2.75, 3.05) is 41.5 Å². The predicted molar refractivity (Wildman–Crippen MR) is 149 cm³/mol. The molecule has 3 aromatic rings. The van der Waals surface area contributed by atoms with Crippen molar-refractivity contribution in [3.63, 3.8) is 0 Å². The van der Waals surface area contributed by atoms with Gasteiger partial charge in [0.25, 0.3) is 0 Å². The van der Waals surface area contributed by atoms with Gasteiger partial charge in [-0.2, -0.15) is 0 Å². The van der Waals surface area contributed by atoms with Crippen molar-refractivity contribution >= 4 is 33.9 Å². The van der Waals surface area contributed by atoms with Crippen molar-refractivity contribution in [2.24, 2.45) is 0 Å². The summed E-state index contributed by atoms with van der Waals surface area (Å²) in [5.41, 5.74) is 3.33. The van der Waals surface area contributed by atoms with E-state index < -0.39 is 0 Å². The average molecular weight is 582 g/mol. The standard InChI is InChI=1S/C30H29BrFNO5/c1-35-26-9-5-19(13-28(26)37-3)11-22-17-33(16-21-7-8-24(31)15-25(21)32)18-23(30(22)34)12-20-6-10-27(36-2)29(14-20)38-4/h5-15H,16-18H2,1-4H3/b22-11+,23-12+. The fourth-order valence-electron chi connectivity index (χ4n) is 4.40. The minimum Gasteiger partial charge on any atom is -0.493 e. The van der Waals surface area contributed by atoms with Crippen LogP contribution in [0.1, 0.15) is 16.7 Å². The van der Waals surface area contributed by atoms with Crippen LogP contribution in [0.3, 0.4) is 0 Å². The molecule has 0 atom stereocenters. The average Bonchev–Trinajstić information content (AvgIpc) is 2.92. The molecule has 1 saturated heterocycles. The molecule has 8 heteroatoms. The first kappa shape index (κ1) is 27.4. The molecule has 3 aromatic carbocycles. The summed E-state index contributed by atoms with van der Waals surface area (Å²) in [6, 6.07) is 16.0. The largest absolute Gasteiger partial charge is 0.493 e. The summed E-state index contributed by atoms with van der Waals surface area (Å²) in [6.07, 6.45) is 3.69. The Morgan fingerprint density at radius 1 is 0.763 bits per heavy atom. The van der Waals surface area contributed by atoms with Crippen LogP contribution in [-0.4, -0.2) is 52.2 Å². The minimum atomic E-state index is -0.299. The lowest BCUT2D eigenvalue weighted by Crippen LogP contribution is -2.37. The zero-order chi connectivity index (χ0) is 27.2. The molecule has 0 bridgehead atoms. The molecular formula is C30H29BrFNO5. The molecule has 0 aliphatic carbocycles. The fourth-order valence-corrected chi connectivity index (χ4v) is 4.73. The van der Waals surface area contributed by atoms with Crippen LogP contribution in [-0.2, 0) is 11.3 Å². The highest BCUT2D eigenvalue weighted by atomic mass is 79.9. The first-order valence-corrected chi connectivity index (χ1v) is 12.7. The van der Waals surface area contributed by atoms with E-state index in [1.165, 1.54) is 6.07 Å². The Bertz CT molecular complexity index is 1320. The number of carbonyl (C=O) groups is 1. The molecule has 1 aliphatic rings. The smallest absolute Gasteiger partial charge is 0.187 e. The highest BCUT2D eigenvalue weighted by Crippen LogP contribution is 2.32. The molecule has 0 aromatic heterocycles. The molecular weight excluding hydrogens is 553 g/mol. The van der Waals surface area contributed by atoms with Gasteiger partial charge >= 0.3 is 0 Å². The highest BCUT2D eigenvalue weighted by Gasteiger charge is 2.27. The summed E-state index contributed by atoms with van der Waals surface area (Å²) in [7, 11) is 6.29. The Kier molecular flexibility index (Phi) is 8.86. The normalized spacial score (nSPS) is 16.1. The topological polar surface area (TPSA) is 57.2 Å². The van der Waals surface area contributed by atoms with Crippen LogP contribution in [0, 0.1) is 5.82 Å². The van der Waals surface area contributed by atoms with E-state index in [-0.39, 0.29) is 11.6 Å². The van der Waals surface area contributed by atoms with Gasteiger partial charge in [0.1, 0.15) is 5.82 Å². The predicted octanol–water partition coefficient (Wildman–Crippen LogP) is 6.17. The number of hydrogen-bond donors (Lipinski definition) is 0. The zero-order valence-electron chi connectivity index (χ0n) is 21.7. The molecule has 0 radical (unpaired) electrons. The van der Waals surface area contributed by atoms with Crippen LogP contribution in [0.4, 0.5) is 4.39 Å². The van der Waals surface area contributed by atoms with Crippen LogP contribution in [0.15, 0.2) is 70.2 Å². The van der Waals surface area contributed by atoms with Gasteiger partial charge in [0.05, 0.1) is 28.4 Å². The molecule has 6 nitrogen and oxygen atoms in total. The van der Waals surface area contributed by atoms with E-state index in [1.807, 2.05) is 47.4 Å². The second-order valence-electron chi connectivity index (χ2n) is 8.78. The number of Topliss-reactive ketones (excluding diaryl/α,β-unsaturated/α-hetero) is 1. The van der Waals surface area contributed by atoms with Crippen LogP contribution < -0.4 is 18.9 Å². The lowest BCUT2D eigenvalue weighted by molar-refractivity contribution is -0.113. The number of piperidine rings is 1. The second-order valence-corrected chi connectivity index (χ2v) is 9.69. The molecule has 0 N–H and O–H groups in total. The molecule has 1 heterocycles.